The Labute approximate surface area is 113 Å². The Morgan fingerprint density at radius 3 is 2.79 bits per heavy atom. The second kappa shape index (κ2) is 6.04. The molecule has 0 saturated heterocycles. The first kappa shape index (κ1) is 13.8. The lowest BCUT2D eigenvalue weighted by atomic mass is 10.1. The SMILES string of the molecule is CCC(CC1CC1)NC(=O)c1cccc(F)c1NC. The summed E-state index contributed by atoms with van der Waals surface area (Å²) in [5.41, 5.74) is 0.637. The number of hydrogen-bond donors (Lipinski definition) is 2. The van der Waals surface area contributed by atoms with E-state index in [4.69, 9.17) is 0 Å². The van der Waals surface area contributed by atoms with Crippen molar-refractivity contribution in [3.8, 4) is 0 Å². The van der Waals surface area contributed by atoms with E-state index in [0.29, 0.717) is 5.56 Å². The summed E-state index contributed by atoms with van der Waals surface area (Å²) in [5.74, 6) is 0.170. The molecule has 4 heteroatoms. The third-order valence-corrected chi connectivity index (χ3v) is 3.65. The molecule has 1 aromatic rings. The molecule has 3 nitrogen and oxygen atoms in total. The van der Waals surface area contributed by atoms with Gasteiger partial charge in [0.2, 0.25) is 0 Å². The van der Waals surface area contributed by atoms with Crippen molar-refractivity contribution >= 4 is 11.6 Å². The van der Waals surface area contributed by atoms with Crippen molar-refractivity contribution in [3.05, 3.63) is 29.6 Å². The lowest BCUT2D eigenvalue weighted by molar-refractivity contribution is 0.0933. The Bertz CT molecular complexity index is 457. The molecule has 2 rings (SSSR count). The lowest BCUT2D eigenvalue weighted by Gasteiger charge is -2.18. The molecule has 1 saturated carbocycles. The van der Waals surface area contributed by atoms with Gasteiger partial charge in [0.05, 0.1) is 11.3 Å². The summed E-state index contributed by atoms with van der Waals surface area (Å²) >= 11 is 0. The van der Waals surface area contributed by atoms with Crippen LogP contribution in [0.25, 0.3) is 0 Å². The van der Waals surface area contributed by atoms with Gasteiger partial charge < -0.3 is 10.6 Å². The van der Waals surface area contributed by atoms with Gasteiger partial charge in [0.25, 0.3) is 5.91 Å². The number of nitrogens with one attached hydrogen (secondary N) is 2. The van der Waals surface area contributed by atoms with E-state index in [2.05, 4.69) is 17.6 Å². The van der Waals surface area contributed by atoms with Crippen LogP contribution in [-0.4, -0.2) is 19.0 Å². The highest BCUT2D eigenvalue weighted by atomic mass is 19.1. The quantitative estimate of drug-likeness (QED) is 0.828. The van der Waals surface area contributed by atoms with Crippen molar-refractivity contribution in [2.75, 3.05) is 12.4 Å². The second-order valence-electron chi connectivity index (χ2n) is 5.17. The lowest BCUT2D eigenvalue weighted by Crippen LogP contribution is -2.35. The number of para-hydroxylation sites is 1. The predicted molar refractivity (Wildman–Crippen MR) is 74.8 cm³/mol. The van der Waals surface area contributed by atoms with Gasteiger partial charge in [-0.25, -0.2) is 4.39 Å². The first-order valence-corrected chi connectivity index (χ1v) is 6.92. The van der Waals surface area contributed by atoms with Crippen molar-refractivity contribution < 1.29 is 9.18 Å². The molecule has 1 unspecified atom stereocenters. The van der Waals surface area contributed by atoms with Gasteiger partial charge in [-0.05, 0) is 30.9 Å². The van der Waals surface area contributed by atoms with E-state index in [9.17, 15) is 9.18 Å². The van der Waals surface area contributed by atoms with Crippen LogP contribution in [0.15, 0.2) is 18.2 Å². The minimum atomic E-state index is -0.398. The maximum Gasteiger partial charge on any atom is 0.253 e. The van der Waals surface area contributed by atoms with Crippen LogP contribution in [0.4, 0.5) is 10.1 Å². The van der Waals surface area contributed by atoms with Crippen LogP contribution in [0.3, 0.4) is 0 Å². The minimum Gasteiger partial charge on any atom is -0.385 e. The molecule has 0 heterocycles. The summed E-state index contributed by atoms with van der Waals surface area (Å²) in [7, 11) is 1.62. The van der Waals surface area contributed by atoms with E-state index in [1.54, 1.807) is 19.2 Å². The Kier molecular flexibility index (Phi) is 4.40. The highest BCUT2D eigenvalue weighted by Gasteiger charge is 2.26. The summed E-state index contributed by atoms with van der Waals surface area (Å²) in [5, 5.41) is 5.76. The smallest absolute Gasteiger partial charge is 0.253 e. The molecule has 1 amide bonds. The van der Waals surface area contributed by atoms with Crippen molar-refractivity contribution in [2.24, 2.45) is 5.92 Å². The molecule has 0 aromatic heterocycles. The van der Waals surface area contributed by atoms with Crippen LogP contribution >= 0.6 is 0 Å². The maximum absolute atomic E-state index is 13.6. The zero-order valence-corrected chi connectivity index (χ0v) is 11.5. The average Bonchev–Trinajstić information content (AvgIpc) is 3.21. The number of carbonyl (C=O) groups excluding carboxylic acids is 1. The van der Waals surface area contributed by atoms with Crippen LogP contribution in [0.2, 0.25) is 0 Å². The highest BCUT2D eigenvalue weighted by molar-refractivity contribution is 5.99. The van der Waals surface area contributed by atoms with Gasteiger partial charge in [-0.2, -0.15) is 0 Å². The molecule has 104 valence electrons. The molecule has 1 aromatic carbocycles. The molecular weight excluding hydrogens is 243 g/mol. The van der Waals surface area contributed by atoms with E-state index in [-0.39, 0.29) is 17.6 Å². The van der Waals surface area contributed by atoms with E-state index < -0.39 is 5.82 Å². The van der Waals surface area contributed by atoms with Gasteiger partial charge in [-0.3, -0.25) is 4.79 Å². The van der Waals surface area contributed by atoms with Crippen molar-refractivity contribution in [2.45, 2.75) is 38.6 Å². The molecule has 19 heavy (non-hydrogen) atoms. The van der Waals surface area contributed by atoms with Gasteiger partial charge >= 0.3 is 0 Å². The molecule has 0 radical (unpaired) electrons. The fourth-order valence-electron chi connectivity index (χ4n) is 2.31. The average molecular weight is 264 g/mol. The normalized spacial score (nSPS) is 15.9. The Morgan fingerprint density at radius 1 is 1.47 bits per heavy atom. The van der Waals surface area contributed by atoms with Crippen LogP contribution in [0.5, 0.6) is 0 Å². The summed E-state index contributed by atoms with van der Waals surface area (Å²) in [6, 6.07) is 4.75. The van der Waals surface area contributed by atoms with Crippen molar-refractivity contribution in [1.29, 1.82) is 0 Å². The van der Waals surface area contributed by atoms with Crippen molar-refractivity contribution in [3.63, 3.8) is 0 Å². The molecule has 0 spiro atoms. The molecule has 0 bridgehead atoms. The number of anilines is 1. The number of halogens is 1. The minimum absolute atomic E-state index is 0.188. The summed E-state index contributed by atoms with van der Waals surface area (Å²) in [6.45, 7) is 2.07. The number of amides is 1. The maximum atomic E-state index is 13.6. The number of benzene rings is 1. The monoisotopic (exact) mass is 264 g/mol. The Morgan fingerprint density at radius 2 is 2.21 bits per heavy atom. The largest absolute Gasteiger partial charge is 0.385 e. The van der Waals surface area contributed by atoms with Crippen molar-refractivity contribution in [1.82, 2.24) is 5.32 Å². The van der Waals surface area contributed by atoms with Gasteiger partial charge in [-0.1, -0.05) is 25.8 Å². The molecular formula is C15H21FN2O. The fourth-order valence-corrected chi connectivity index (χ4v) is 2.31. The molecule has 2 N–H and O–H groups in total. The van der Waals surface area contributed by atoms with Gasteiger partial charge in [0.1, 0.15) is 5.82 Å². The van der Waals surface area contributed by atoms with Crippen LogP contribution in [-0.2, 0) is 0 Å². The van der Waals surface area contributed by atoms with Crippen LogP contribution in [0.1, 0.15) is 43.0 Å². The van der Waals surface area contributed by atoms with Gasteiger partial charge in [0.15, 0.2) is 0 Å². The predicted octanol–water partition coefficient (Wildman–Crippen LogP) is 3.18. The Hall–Kier alpha value is -1.58. The van der Waals surface area contributed by atoms with E-state index in [1.807, 2.05) is 0 Å². The topological polar surface area (TPSA) is 41.1 Å². The third-order valence-electron chi connectivity index (χ3n) is 3.65. The third kappa shape index (κ3) is 3.46. The molecule has 1 atom stereocenters. The first-order chi connectivity index (χ1) is 9.15. The standard InChI is InChI=1S/C15H21FN2O/c1-3-11(9-10-7-8-10)18-15(19)12-5-4-6-13(16)14(12)17-2/h4-6,10-11,17H,3,7-9H2,1-2H3,(H,18,19). The number of hydrogen-bond acceptors (Lipinski definition) is 2. The fraction of sp³-hybridized carbons (Fsp3) is 0.533. The molecule has 1 fully saturated rings. The van der Waals surface area contributed by atoms with E-state index in [0.717, 1.165) is 18.8 Å². The zero-order valence-electron chi connectivity index (χ0n) is 11.5. The first-order valence-electron chi connectivity index (χ1n) is 6.92. The second-order valence-corrected chi connectivity index (χ2v) is 5.17. The molecule has 1 aliphatic carbocycles. The van der Waals surface area contributed by atoms with Gasteiger partial charge in [-0.15, -0.1) is 0 Å². The summed E-state index contributed by atoms with van der Waals surface area (Å²) in [6.07, 6.45) is 4.49. The van der Waals surface area contributed by atoms with Crippen LogP contribution < -0.4 is 10.6 Å². The van der Waals surface area contributed by atoms with Gasteiger partial charge in [0, 0.05) is 13.1 Å². The molecule has 0 aliphatic heterocycles. The zero-order chi connectivity index (χ0) is 13.8. The summed E-state index contributed by atoms with van der Waals surface area (Å²) in [4.78, 5) is 12.2. The number of carbonyl (C=O) groups is 1. The Balaban J connectivity index is 2.07. The van der Waals surface area contributed by atoms with E-state index >= 15 is 0 Å². The molecule has 1 aliphatic rings. The number of rotatable bonds is 6. The summed E-state index contributed by atoms with van der Waals surface area (Å²) < 4.78 is 13.6. The highest BCUT2D eigenvalue weighted by Crippen LogP contribution is 2.34. The van der Waals surface area contributed by atoms with Crippen LogP contribution in [0, 0.1) is 11.7 Å². The van der Waals surface area contributed by atoms with E-state index in [1.165, 1.54) is 18.9 Å².